The van der Waals surface area contributed by atoms with Crippen molar-refractivity contribution < 1.29 is 46.2 Å². The quantitative estimate of drug-likeness (QED) is 0.0940. The molecule has 0 spiro atoms. The topological polar surface area (TPSA) is 151 Å². The molecule has 12 nitrogen and oxygen atoms in total. The van der Waals surface area contributed by atoms with Gasteiger partial charge < -0.3 is 25.3 Å². The fourth-order valence-corrected chi connectivity index (χ4v) is 7.44. The second-order valence-electron chi connectivity index (χ2n) is 14.6. The Balaban J connectivity index is 1.66. The third kappa shape index (κ3) is 8.40. The van der Waals surface area contributed by atoms with Crippen molar-refractivity contribution in [2.75, 3.05) is 25.9 Å². The van der Waals surface area contributed by atoms with Gasteiger partial charge in [0, 0.05) is 37.4 Å². The van der Waals surface area contributed by atoms with Crippen molar-refractivity contribution in [2.24, 2.45) is 11.8 Å². The SMILES string of the molecule is [B][C@@H]1[C@@H](C)C(=O)[C@](C)(F)C(=O)O[C@H](CC)[C@@]2(C)OC(=O)N(CCCCn3cc(-c4cccc(N)c4)nn3)[C@@H]2[C@@H](C(F)(F)F)NC[C@H](C)C[C@@]1(C)OC. The van der Waals surface area contributed by atoms with Gasteiger partial charge in [0.2, 0.25) is 0 Å². The van der Waals surface area contributed by atoms with Crippen LogP contribution >= 0.6 is 0 Å². The highest BCUT2D eigenvalue weighted by atomic mass is 19.4. The number of hydrogen-bond donors (Lipinski definition) is 2. The third-order valence-corrected chi connectivity index (χ3v) is 10.6. The first-order valence-electron chi connectivity index (χ1n) is 17.5. The molecule has 0 aliphatic carbocycles. The first kappa shape index (κ1) is 41.0. The van der Waals surface area contributed by atoms with E-state index in [4.69, 9.17) is 27.8 Å². The molecule has 0 saturated carbocycles. The van der Waals surface area contributed by atoms with Crippen LogP contribution in [0.25, 0.3) is 11.3 Å². The molecular weight excluding hydrogens is 687 g/mol. The van der Waals surface area contributed by atoms with Crippen LogP contribution in [-0.2, 0) is 30.3 Å². The lowest BCUT2D eigenvalue weighted by molar-refractivity contribution is -0.195. The van der Waals surface area contributed by atoms with E-state index in [1.54, 1.807) is 42.9 Å². The second-order valence-corrected chi connectivity index (χ2v) is 14.6. The molecule has 2 aliphatic rings. The summed E-state index contributed by atoms with van der Waals surface area (Å²) in [4.78, 5) is 41.4. The molecule has 4 rings (SSSR count). The van der Waals surface area contributed by atoms with Crippen molar-refractivity contribution in [3.05, 3.63) is 30.5 Å². The summed E-state index contributed by atoms with van der Waals surface area (Å²) in [6.45, 7) is 8.09. The smallest absolute Gasteiger partial charge is 0.410 e. The molecule has 286 valence electrons. The Hall–Kier alpha value is -3.73. The number of carbonyl (C=O) groups is 3. The van der Waals surface area contributed by atoms with Gasteiger partial charge in [0.05, 0.1) is 19.6 Å². The van der Waals surface area contributed by atoms with Crippen molar-refractivity contribution in [1.82, 2.24) is 25.2 Å². The van der Waals surface area contributed by atoms with Crippen molar-refractivity contribution in [3.8, 4) is 11.3 Å². The van der Waals surface area contributed by atoms with Crippen LogP contribution in [0.3, 0.4) is 0 Å². The average Bonchev–Trinajstić information content (AvgIpc) is 3.65. The van der Waals surface area contributed by atoms with Crippen molar-refractivity contribution in [2.45, 2.75) is 121 Å². The number of nitrogens with two attached hydrogens (primary N) is 1. The molecule has 2 fully saturated rings. The number of ketones is 1. The molecule has 2 aromatic rings. The van der Waals surface area contributed by atoms with E-state index in [2.05, 4.69) is 15.6 Å². The monoisotopic (exact) mass is 736 g/mol. The number of fused-ring (bicyclic) bond motifs is 1. The highest BCUT2D eigenvalue weighted by molar-refractivity contribution is 6.17. The van der Waals surface area contributed by atoms with Crippen LogP contribution in [0.2, 0.25) is 5.82 Å². The molecule has 0 bridgehead atoms. The van der Waals surface area contributed by atoms with Crippen LogP contribution in [0, 0.1) is 11.8 Å². The number of carbonyl (C=O) groups excluding carboxylic acids is 3. The van der Waals surface area contributed by atoms with Gasteiger partial charge in [0.15, 0.2) is 11.4 Å². The number of anilines is 1. The van der Waals surface area contributed by atoms with Crippen LogP contribution in [0.1, 0.15) is 67.2 Å². The summed E-state index contributed by atoms with van der Waals surface area (Å²) in [7, 11) is 7.77. The van der Waals surface area contributed by atoms with Gasteiger partial charge in [-0.3, -0.25) is 14.4 Å². The number of amides is 1. The van der Waals surface area contributed by atoms with E-state index >= 15 is 17.6 Å². The lowest BCUT2D eigenvalue weighted by atomic mass is 9.62. The maximum Gasteiger partial charge on any atom is 0.410 e. The van der Waals surface area contributed by atoms with Gasteiger partial charge in [-0.1, -0.05) is 38.1 Å². The molecule has 9 atom stereocenters. The summed E-state index contributed by atoms with van der Waals surface area (Å²) in [6.07, 6.45) is -5.27. The normalized spacial score (nSPS) is 33.9. The van der Waals surface area contributed by atoms with E-state index < -0.39 is 76.7 Å². The average molecular weight is 737 g/mol. The number of rotatable bonds is 8. The summed E-state index contributed by atoms with van der Waals surface area (Å²) in [5.74, 6) is -5.68. The Morgan fingerprint density at radius 2 is 1.81 bits per heavy atom. The summed E-state index contributed by atoms with van der Waals surface area (Å²) in [5.41, 5.74) is 1.16. The number of unbranched alkanes of at least 4 members (excludes halogenated alkanes) is 1. The Labute approximate surface area is 302 Å². The number of nitrogen functional groups attached to an aromatic ring is 1. The molecule has 2 radical (unpaired) electrons. The zero-order valence-electron chi connectivity index (χ0n) is 30.7. The second kappa shape index (κ2) is 15.7. The Bertz CT molecular complexity index is 1590. The number of alkyl halides is 4. The molecule has 1 aromatic carbocycles. The zero-order valence-corrected chi connectivity index (χ0v) is 30.7. The number of esters is 1. The van der Waals surface area contributed by atoms with Crippen molar-refractivity contribution >= 4 is 31.4 Å². The maximum absolute atomic E-state index is 16.2. The molecular formula is C35H49BF4N6O6. The van der Waals surface area contributed by atoms with Gasteiger partial charge in [-0.2, -0.15) is 13.2 Å². The van der Waals surface area contributed by atoms with E-state index in [1.807, 2.05) is 6.07 Å². The lowest BCUT2D eigenvalue weighted by Crippen LogP contribution is -2.66. The van der Waals surface area contributed by atoms with Crippen molar-refractivity contribution in [3.63, 3.8) is 0 Å². The van der Waals surface area contributed by atoms with Crippen LogP contribution in [-0.4, -0.2) is 107 Å². The number of nitrogens with zero attached hydrogens (tertiary/aromatic N) is 4. The van der Waals surface area contributed by atoms with Gasteiger partial charge in [0.1, 0.15) is 23.9 Å². The molecule has 0 unspecified atom stereocenters. The number of cyclic esters (lactones) is 1. The number of aromatic nitrogens is 3. The van der Waals surface area contributed by atoms with E-state index in [-0.39, 0.29) is 32.4 Å². The highest BCUT2D eigenvalue weighted by Gasteiger charge is 2.64. The maximum atomic E-state index is 16.2. The predicted molar refractivity (Wildman–Crippen MR) is 185 cm³/mol. The zero-order chi connectivity index (χ0) is 38.8. The van der Waals surface area contributed by atoms with Gasteiger partial charge in [0.25, 0.3) is 5.67 Å². The molecule has 52 heavy (non-hydrogen) atoms. The molecule has 17 heteroatoms. The van der Waals surface area contributed by atoms with Crippen molar-refractivity contribution in [1.29, 1.82) is 0 Å². The highest BCUT2D eigenvalue weighted by Crippen LogP contribution is 2.44. The van der Waals surface area contributed by atoms with Gasteiger partial charge >= 0.3 is 18.2 Å². The van der Waals surface area contributed by atoms with E-state index in [1.165, 1.54) is 27.9 Å². The standard InChI is InChI=1S/C35H49BF4N6O6/c1-8-25-34(6)28(46(31(49)52-34)15-10-9-14-45-19-24(43-44-45)22-12-11-13-23(41)16-22)27(35(38,39)40)42-18-20(2)17-32(4,50-7)26(36)21(3)29(47)33(5,37)30(48)51-25/h11-13,16,19-21,25-28,42H,8-10,14-15,17-18,41H2,1-7H3/t20-,21-,25-,26-,27+,28-,32-,33+,34-/m1/s1. The fourth-order valence-electron chi connectivity index (χ4n) is 7.44. The van der Waals surface area contributed by atoms with E-state index in [0.717, 1.165) is 17.4 Å². The lowest BCUT2D eigenvalue weighted by Gasteiger charge is -2.42. The Morgan fingerprint density at radius 3 is 2.42 bits per heavy atom. The van der Waals surface area contributed by atoms with Gasteiger partial charge in [-0.25, -0.2) is 14.0 Å². The molecule has 2 saturated heterocycles. The first-order valence-corrected chi connectivity index (χ1v) is 17.5. The minimum atomic E-state index is -4.92. The Morgan fingerprint density at radius 1 is 1.13 bits per heavy atom. The summed E-state index contributed by atoms with van der Waals surface area (Å²) in [6, 6.07) is 3.00. The number of methoxy groups -OCH3 is 1. The van der Waals surface area contributed by atoms with E-state index in [9.17, 15) is 14.4 Å². The van der Waals surface area contributed by atoms with Gasteiger partial charge in [-0.15, -0.1) is 5.10 Å². The van der Waals surface area contributed by atoms with Gasteiger partial charge in [-0.05, 0) is 76.9 Å². The third-order valence-electron chi connectivity index (χ3n) is 10.6. The summed E-state index contributed by atoms with van der Waals surface area (Å²) in [5, 5.41) is 10.9. The number of Topliss-reactive ketones (excluding diaryl/α,β-unsaturated/α-hetero) is 1. The van der Waals surface area contributed by atoms with Crippen LogP contribution < -0.4 is 11.1 Å². The largest absolute Gasteiger partial charge is 0.455 e. The van der Waals surface area contributed by atoms with E-state index in [0.29, 0.717) is 24.3 Å². The number of hydrogen-bond acceptors (Lipinski definition) is 10. The van der Waals surface area contributed by atoms with Crippen LogP contribution in [0.15, 0.2) is 30.5 Å². The number of benzene rings is 1. The summed E-state index contributed by atoms with van der Waals surface area (Å²) < 4.78 is 80.1. The predicted octanol–water partition coefficient (Wildman–Crippen LogP) is 5.06. The molecule has 1 amide bonds. The number of aryl methyl sites for hydroxylation is 1. The van der Waals surface area contributed by atoms with Crippen LogP contribution in [0.5, 0.6) is 0 Å². The molecule has 3 heterocycles. The minimum Gasteiger partial charge on any atom is -0.455 e. The fraction of sp³-hybridized carbons (Fsp3) is 0.686. The summed E-state index contributed by atoms with van der Waals surface area (Å²) >= 11 is 0. The first-order chi connectivity index (χ1) is 24.2. The molecule has 2 aliphatic heterocycles. The number of ether oxygens (including phenoxy) is 3. The Kier molecular flexibility index (Phi) is 12.4. The molecule has 3 N–H and O–H groups in total. The number of nitrogens with one attached hydrogen (secondary N) is 1. The minimum absolute atomic E-state index is 0.0770. The van der Waals surface area contributed by atoms with Crippen LogP contribution in [0.4, 0.5) is 28.0 Å². The number of halogens is 4. The molecule has 1 aromatic heterocycles.